The van der Waals surface area contributed by atoms with Crippen LogP contribution in [0, 0.1) is 6.92 Å². The van der Waals surface area contributed by atoms with Crippen molar-refractivity contribution < 1.29 is 22.7 Å². The van der Waals surface area contributed by atoms with Crippen molar-refractivity contribution in [3.63, 3.8) is 0 Å². The van der Waals surface area contributed by atoms with Crippen LogP contribution in [0.3, 0.4) is 0 Å². The molecule has 0 unspecified atom stereocenters. The van der Waals surface area contributed by atoms with Gasteiger partial charge in [0.1, 0.15) is 0 Å². The summed E-state index contributed by atoms with van der Waals surface area (Å²) in [5.74, 6) is -1.39. The van der Waals surface area contributed by atoms with Crippen LogP contribution in [0.2, 0.25) is 10.0 Å². The van der Waals surface area contributed by atoms with Crippen molar-refractivity contribution in [1.29, 1.82) is 0 Å². The summed E-state index contributed by atoms with van der Waals surface area (Å²) in [7, 11) is -3.71. The Balaban J connectivity index is 1.68. The molecule has 10 heteroatoms. The number of anilines is 1. The summed E-state index contributed by atoms with van der Waals surface area (Å²) in [6.07, 6.45) is 2.63. The zero-order valence-corrected chi connectivity index (χ0v) is 19.2. The second-order valence-electron chi connectivity index (χ2n) is 7.19. The van der Waals surface area contributed by atoms with Gasteiger partial charge in [-0.05, 0) is 55.7 Å². The van der Waals surface area contributed by atoms with Crippen molar-refractivity contribution in [3.8, 4) is 0 Å². The third kappa shape index (κ3) is 5.77. The molecule has 2 aromatic rings. The van der Waals surface area contributed by atoms with Gasteiger partial charge in [0.15, 0.2) is 6.61 Å². The number of rotatable bonds is 6. The molecule has 0 atom stereocenters. The summed E-state index contributed by atoms with van der Waals surface area (Å²) in [5.41, 5.74) is 0.924. The van der Waals surface area contributed by atoms with Gasteiger partial charge in [-0.15, -0.1) is 0 Å². The van der Waals surface area contributed by atoms with Crippen molar-refractivity contribution >= 4 is 50.8 Å². The lowest BCUT2D eigenvalue weighted by Crippen LogP contribution is -2.36. The number of nitrogens with zero attached hydrogens (tertiary/aromatic N) is 1. The van der Waals surface area contributed by atoms with Crippen molar-refractivity contribution in [2.75, 3.05) is 25.0 Å². The number of amides is 1. The maximum atomic E-state index is 13.0. The number of esters is 1. The Kier molecular flexibility index (Phi) is 7.59. The quantitative estimate of drug-likeness (QED) is 0.617. The molecule has 0 aliphatic carbocycles. The van der Waals surface area contributed by atoms with Crippen LogP contribution in [0.4, 0.5) is 5.69 Å². The second-order valence-corrected chi connectivity index (χ2v) is 9.94. The molecule has 166 valence electrons. The number of carbonyl (C=O) groups excluding carboxylic acids is 2. The molecular formula is C21H22Cl2N2O5S. The van der Waals surface area contributed by atoms with Gasteiger partial charge in [-0.3, -0.25) is 4.79 Å². The van der Waals surface area contributed by atoms with Crippen LogP contribution < -0.4 is 5.32 Å². The first-order valence-electron chi connectivity index (χ1n) is 9.71. The van der Waals surface area contributed by atoms with Gasteiger partial charge >= 0.3 is 5.97 Å². The predicted molar refractivity (Wildman–Crippen MR) is 119 cm³/mol. The third-order valence-corrected chi connectivity index (χ3v) is 7.48. The van der Waals surface area contributed by atoms with Crippen molar-refractivity contribution in [3.05, 3.63) is 57.6 Å². The Hall–Kier alpha value is -2.13. The number of halogens is 2. The lowest BCUT2D eigenvalue weighted by Gasteiger charge is -2.26. The minimum atomic E-state index is -3.71. The highest BCUT2D eigenvalue weighted by molar-refractivity contribution is 7.89. The lowest BCUT2D eigenvalue weighted by molar-refractivity contribution is -0.119. The number of ether oxygens (including phenoxy) is 1. The molecule has 31 heavy (non-hydrogen) atoms. The molecule has 1 aliphatic heterocycles. The summed E-state index contributed by atoms with van der Waals surface area (Å²) in [6, 6.07) is 8.90. The number of hydrogen-bond acceptors (Lipinski definition) is 5. The minimum absolute atomic E-state index is 0.0542. The SMILES string of the molecule is Cc1ccc(C(=O)OCC(=O)Nc2ccc(Cl)cc2Cl)cc1S(=O)(=O)N1CCCCC1. The highest BCUT2D eigenvalue weighted by atomic mass is 35.5. The van der Waals surface area contributed by atoms with Gasteiger partial charge in [-0.25, -0.2) is 13.2 Å². The van der Waals surface area contributed by atoms with E-state index in [1.165, 1.54) is 28.6 Å². The average molecular weight is 485 g/mol. The van der Waals surface area contributed by atoms with E-state index in [0.29, 0.717) is 29.4 Å². The van der Waals surface area contributed by atoms with Crippen LogP contribution in [0.15, 0.2) is 41.3 Å². The van der Waals surface area contributed by atoms with Gasteiger partial charge in [0.25, 0.3) is 5.91 Å². The molecule has 0 spiro atoms. The van der Waals surface area contributed by atoms with E-state index in [1.807, 2.05) is 0 Å². The zero-order valence-electron chi connectivity index (χ0n) is 16.9. The normalized spacial score (nSPS) is 14.8. The molecule has 0 bridgehead atoms. The van der Waals surface area contributed by atoms with Crippen LogP contribution in [-0.2, 0) is 19.6 Å². The fourth-order valence-corrected chi connectivity index (χ4v) is 5.46. The monoisotopic (exact) mass is 484 g/mol. The van der Waals surface area contributed by atoms with E-state index in [-0.39, 0.29) is 15.5 Å². The molecule has 0 saturated carbocycles. The largest absolute Gasteiger partial charge is 0.452 e. The van der Waals surface area contributed by atoms with Crippen molar-refractivity contribution in [2.24, 2.45) is 0 Å². The summed E-state index contributed by atoms with van der Waals surface area (Å²) in [4.78, 5) is 24.6. The molecule has 1 fully saturated rings. The zero-order chi connectivity index (χ0) is 22.6. The van der Waals surface area contributed by atoms with Gasteiger partial charge in [-0.2, -0.15) is 4.31 Å². The molecule has 0 aromatic heterocycles. The summed E-state index contributed by atoms with van der Waals surface area (Å²) in [5, 5.41) is 3.19. The van der Waals surface area contributed by atoms with E-state index >= 15 is 0 Å². The fourth-order valence-electron chi connectivity index (χ4n) is 3.24. The standard InChI is InChI=1S/C21H22Cl2N2O5S/c1-14-5-6-15(11-19(14)31(28,29)25-9-3-2-4-10-25)21(27)30-13-20(26)24-18-8-7-16(22)12-17(18)23/h5-8,11-12H,2-4,9-10,13H2,1H3,(H,24,26). The molecule has 2 aromatic carbocycles. The Morgan fingerprint density at radius 1 is 1.06 bits per heavy atom. The van der Waals surface area contributed by atoms with E-state index in [0.717, 1.165) is 19.3 Å². The number of benzene rings is 2. The molecule has 3 rings (SSSR count). The lowest BCUT2D eigenvalue weighted by atomic mass is 10.1. The van der Waals surface area contributed by atoms with Gasteiger partial charge < -0.3 is 10.1 Å². The Bertz CT molecular complexity index is 1100. The summed E-state index contributed by atoms with van der Waals surface area (Å²) in [6.45, 7) is 2.04. The highest BCUT2D eigenvalue weighted by Crippen LogP contribution is 2.26. The van der Waals surface area contributed by atoms with Crippen LogP contribution in [0.25, 0.3) is 0 Å². The van der Waals surface area contributed by atoms with E-state index in [2.05, 4.69) is 5.32 Å². The first-order valence-corrected chi connectivity index (χ1v) is 11.9. The van der Waals surface area contributed by atoms with E-state index in [9.17, 15) is 18.0 Å². The van der Waals surface area contributed by atoms with Crippen LogP contribution in [0.1, 0.15) is 35.2 Å². The van der Waals surface area contributed by atoms with Crippen LogP contribution >= 0.6 is 23.2 Å². The van der Waals surface area contributed by atoms with Crippen LogP contribution in [0.5, 0.6) is 0 Å². The minimum Gasteiger partial charge on any atom is -0.452 e. The molecule has 7 nitrogen and oxygen atoms in total. The highest BCUT2D eigenvalue weighted by Gasteiger charge is 2.28. The molecule has 1 heterocycles. The first-order chi connectivity index (χ1) is 14.7. The molecule has 1 saturated heterocycles. The summed E-state index contributed by atoms with van der Waals surface area (Å²) >= 11 is 11.8. The Morgan fingerprint density at radius 2 is 1.77 bits per heavy atom. The fraction of sp³-hybridized carbons (Fsp3) is 0.333. The Morgan fingerprint density at radius 3 is 2.45 bits per heavy atom. The summed E-state index contributed by atoms with van der Waals surface area (Å²) < 4.78 is 32.5. The average Bonchev–Trinajstić information content (AvgIpc) is 2.75. The second kappa shape index (κ2) is 9.99. The molecule has 0 radical (unpaired) electrons. The predicted octanol–water partition coefficient (Wildman–Crippen LogP) is 4.27. The van der Waals surface area contributed by atoms with Crippen molar-refractivity contribution in [1.82, 2.24) is 4.31 Å². The van der Waals surface area contributed by atoms with Crippen LogP contribution in [-0.4, -0.2) is 44.3 Å². The molecule has 1 aliphatic rings. The maximum Gasteiger partial charge on any atom is 0.338 e. The topological polar surface area (TPSA) is 92.8 Å². The van der Waals surface area contributed by atoms with Crippen molar-refractivity contribution in [2.45, 2.75) is 31.1 Å². The molecule has 1 N–H and O–H groups in total. The third-order valence-electron chi connectivity index (χ3n) is 4.90. The molecular weight excluding hydrogens is 463 g/mol. The van der Waals surface area contributed by atoms with Gasteiger partial charge in [0.2, 0.25) is 10.0 Å². The van der Waals surface area contributed by atoms with E-state index < -0.39 is 28.5 Å². The number of hydrogen-bond donors (Lipinski definition) is 1. The van der Waals surface area contributed by atoms with Gasteiger partial charge in [-0.1, -0.05) is 35.7 Å². The Labute approximate surface area is 191 Å². The van der Waals surface area contributed by atoms with Gasteiger partial charge in [0.05, 0.1) is 21.2 Å². The molecule has 1 amide bonds. The van der Waals surface area contributed by atoms with E-state index in [1.54, 1.807) is 19.1 Å². The van der Waals surface area contributed by atoms with E-state index in [4.69, 9.17) is 27.9 Å². The van der Waals surface area contributed by atoms with Gasteiger partial charge in [0, 0.05) is 18.1 Å². The number of carbonyl (C=O) groups is 2. The smallest absolute Gasteiger partial charge is 0.338 e. The number of nitrogens with one attached hydrogen (secondary N) is 1. The number of aryl methyl sites for hydroxylation is 1. The number of piperidine rings is 1. The maximum absolute atomic E-state index is 13.0. The first kappa shape index (κ1) is 23.5. The number of sulfonamides is 1.